The van der Waals surface area contributed by atoms with Gasteiger partial charge in [0.25, 0.3) is 0 Å². The van der Waals surface area contributed by atoms with Gasteiger partial charge in [0.05, 0.1) is 0 Å². The summed E-state index contributed by atoms with van der Waals surface area (Å²) in [5.41, 5.74) is 6.43. The van der Waals surface area contributed by atoms with Crippen LogP contribution >= 0.6 is 0 Å². The largest absolute Gasteiger partial charge is 0.504 e. The van der Waals surface area contributed by atoms with Crippen molar-refractivity contribution in [2.24, 2.45) is 5.73 Å². The molecule has 0 radical (unpaired) electrons. The van der Waals surface area contributed by atoms with Crippen molar-refractivity contribution in [2.45, 2.75) is 25.7 Å². The Balaban J connectivity index is 2.39. The summed E-state index contributed by atoms with van der Waals surface area (Å²) in [6, 6.07) is 4.96. The molecule has 0 atom stereocenters. The summed E-state index contributed by atoms with van der Waals surface area (Å²) >= 11 is 0. The van der Waals surface area contributed by atoms with Crippen molar-refractivity contribution in [1.29, 1.82) is 0 Å². The third kappa shape index (κ3) is 3.26. The van der Waals surface area contributed by atoms with E-state index in [9.17, 15) is 5.11 Å². The van der Waals surface area contributed by atoms with E-state index >= 15 is 0 Å². The number of phenolic OH excluding ortho intramolecular Hbond substituents is 2. The SMILES string of the molecule is NCCCCCc1ccc(O)c(O)c1. The second-order valence-corrected chi connectivity index (χ2v) is 3.42. The van der Waals surface area contributed by atoms with Crippen LogP contribution in [0.3, 0.4) is 0 Å². The predicted octanol–water partition coefficient (Wildman–Crippen LogP) is 1.77. The van der Waals surface area contributed by atoms with E-state index in [4.69, 9.17) is 10.8 Å². The summed E-state index contributed by atoms with van der Waals surface area (Å²) in [6.45, 7) is 0.737. The van der Waals surface area contributed by atoms with Crippen molar-refractivity contribution in [3.8, 4) is 11.5 Å². The van der Waals surface area contributed by atoms with Crippen molar-refractivity contribution in [1.82, 2.24) is 0 Å². The number of hydrogen-bond donors (Lipinski definition) is 3. The number of aromatic hydroxyl groups is 2. The second-order valence-electron chi connectivity index (χ2n) is 3.42. The molecule has 0 amide bonds. The first-order valence-corrected chi connectivity index (χ1v) is 4.95. The lowest BCUT2D eigenvalue weighted by Crippen LogP contribution is -1.98. The lowest BCUT2D eigenvalue weighted by atomic mass is 10.1. The van der Waals surface area contributed by atoms with E-state index in [0.717, 1.165) is 37.8 Å². The molecule has 0 aliphatic carbocycles. The van der Waals surface area contributed by atoms with Gasteiger partial charge < -0.3 is 15.9 Å². The molecule has 0 saturated heterocycles. The molecule has 0 heterocycles. The zero-order valence-corrected chi connectivity index (χ0v) is 8.24. The van der Waals surface area contributed by atoms with Crippen LogP contribution in [0, 0.1) is 0 Å². The minimum absolute atomic E-state index is 0.0404. The first-order chi connectivity index (χ1) is 6.74. The van der Waals surface area contributed by atoms with Crippen LogP contribution in [0.1, 0.15) is 24.8 Å². The van der Waals surface area contributed by atoms with Crippen molar-refractivity contribution in [2.75, 3.05) is 6.54 Å². The van der Waals surface area contributed by atoms with Crippen molar-refractivity contribution < 1.29 is 10.2 Å². The van der Waals surface area contributed by atoms with Crippen LogP contribution in [0.5, 0.6) is 11.5 Å². The Bertz CT molecular complexity index is 287. The predicted molar refractivity (Wildman–Crippen MR) is 56.4 cm³/mol. The highest BCUT2D eigenvalue weighted by atomic mass is 16.3. The van der Waals surface area contributed by atoms with Gasteiger partial charge in [-0.1, -0.05) is 12.5 Å². The van der Waals surface area contributed by atoms with E-state index in [1.54, 1.807) is 6.07 Å². The maximum absolute atomic E-state index is 9.23. The van der Waals surface area contributed by atoms with E-state index < -0.39 is 0 Å². The highest BCUT2D eigenvalue weighted by Crippen LogP contribution is 2.25. The van der Waals surface area contributed by atoms with Crippen molar-refractivity contribution in [3.63, 3.8) is 0 Å². The van der Waals surface area contributed by atoms with Gasteiger partial charge in [-0.15, -0.1) is 0 Å². The van der Waals surface area contributed by atoms with Crippen molar-refractivity contribution >= 4 is 0 Å². The van der Waals surface area contributed by atoms with Crippen LogP contribution in [0.4, 0.5) is 0 Å². The fourth-order valence-electron chi connectivity index (χ4n) is 1.37. The van der Waals surface area contributed by atoms with E-state index in [0.29, 0.717) is 0 Å². The summed E-state index contributed by atoms with van der Waals surface area (Å²) in [7, 11) is 0. The molecule has 3 heteroatoms. The van der Waals surface area contributed by atoms with E-state index in [2.05, 4.69) is 0 Å². The molecule has 3 nitrogen and oxygen atoms in total. The van der Waals surface area contributed by atoms with Gasteiger partial charge in [-0.3, -0.25) is 0 Å². The average Bonchev–Trinajstić information content (AvgIpc) is 2.18. The molecule has 1 aromatic rings. The molecule has 4 N–H and O–H groups in total. The summed E-state index contributed by atoms with van der Waals surface area (Å²) < 4.78 is 0. The standard InChI is InChI=1S/C11H17NO2/c12-7-3-1-2-4-9-5-6-10(13)11(14)8-9/h5-6,8,13-14H,1-4,7,12H2. The minimum Gasteiger partial charge on any atom is -0.504 e. The maximum Gasteiger partial charge on any atom is 0.157 e. The number of nitrogens with two attached hydrogens (primary N) is 1. The van der Waals surface area contributed by atoms with Gasteiger partial charge in [-0.2, -0.15) is 0 Å². The van der Waals surface area contributed by atoms with Gasteiger partial charge in [-0.25, -0.2) is 0 Å². The molecule has 14 heavy (non-hydrogen) atoms. The molecular formula is C11H17NO2. The molecule has 1 aromatic carbocycles. The minimum atomic E-state index is -0.0595. The number of rotatable bonds is 5. The smallest absolute Gasteiger partial charge is 0.157 e. The quantitative estimate of drug-likeness (QED) is 0.495. The van der Waals surface area contributed by atoms with Gasteiger partial charge in [0.2, 0.25) is 0 Å². The molecular weight excluding hydrogens is 178 g/mol. The average molecular weight is 195 g/mol. The van der Waals surface area contributed by atoms with E-state index in [1.165, 1.54) is 6.07 Å². The van der Waals surface area contributed by atoms with Crippen LogP contribution in [0.15, 0.2) is 18.2 Å². The number of hydrogen-bond acceptors (Lipinski definition) is 3. The molecule has 0 saturated carbocycles. The summed E-state index contributed by atoms with van der Waals surface area (Å²) in [5.74, 6) is -0.1000. The van der Waals surface area contributed by atoms with Gasteiger partial charge >= 0.3 is 0 Å². The fraction of sp³-hybridized carbons (Fsp3) is 0.455. The lowest BCUT2D eigenvalue weighted by Gasteiger charge is -2.03. The molecule has 0 aromatic heterocycles. The van der Waals surface area contributed by atoms with Gasteiger partial charge in [0.1, 0.15) is 0 Å². The maximum atomic E-state index is 9.23. The van der Waals surface area contributed by atoms with E-state index in [1.807, 2.05) is 6.07 Å². The third-order valence-electron chi connectivity index (χ3n) is 2.21. The number of unbranched alkanes of at least 4 members (excludes halogenated alkanes) is 2. The Morgan fingerprint density at radius 1 is 1.00 bits per heavy atom. The molecule has 0 aliphatic heterocycles. The van der Waals surface area contributed by atoms with Gasteiger partial charge in [0.15, 0.2) is 11.5 Å². The summed E-state index contributed by atoms with van der Waals surface area (Å²) in [6.07, 6.45) is 4.15. The lowest BCUT2D eigenvalue weighted by molar-refractivity contribution is 0.403. The summed E-state index contributed by atoms with van der Waals surface area (Å²) in [4.78, 5) is 0. The first kappa shape index (κ1) is 10.9. The molecule has 0 unspecified atom stereocenters. The number of phenols is 2. The van der Waals surface area contributed by atoms with Crippen LogP contribution in [0.25, 0.3) is 0 Å². The number of aryl methyl sites for hydroxylation is 1. The Kier molecular flexibility index (Phi) is 4.26. The van der Waals surface area contributed by atoms with E-state index in [-0.39, 0.29) is 11.5 Å². The molecule has 1 rings (SSSR count). The zero-order valence-electron chi connectivity index (χ0n) is 8.24. The Morgan fingerprint density at radius 3 is 2.43 bits per heavy atom. The molecule has 0 aliphatic rings. The molecule has 0 spiro atoms. The van der Waals surface area contributed by atoms with Gasteiger partial charge in [-0.05, 0) is 43.5 Å². The van der Waals surface area contributed by atoms with Crippen LogP contribution < -0.4 is 5.73 Å². The number of benzene rings is 1. The molecule has 0 fully saturated rings. The zero-order chi connectivity index (χ0) is 10.4. The van der Waals surface area contributed by atoms with Gasteiger partial charge in [0, 0.05) is 0 Å². The summed E-state index contributed by atoms with van der Waals surface area (Å²) in [5, 5.41) is 18.3. The highest BCUT2D eigenvalue weighted by molar-refractivity contribution is 5.40. The molecule has 78 valence electrons. The van der Waals surface area contributed by atoms with Crippen LogP contribution in [0.2, 0.25) is 0 Å². The van der Waals surface area contributed by atoms with Crippen molar-refractivity contribution in [3.05, 3.63) is 23.8 Å². The fourth-order valence-corrected chi connectivity index (χ4v) is 1.37. The monoisotopic (exact) mass is 195 g/mol. The highest BCUT2D eigenvalue weighted by Gasteiger charge is 2.00. The first-order valence-electron chi connectivity index (χ1n) is 4.95. The third-order valence-corrected chi connectivity index (χ3v) is 2.21. The Labute approximate surface area is 84.2 Å². The van der Waals surface area contributed by atoms with Crippen LogP contribution in [-0.4, -0.2) is 16.8 Å². The normalized spacial score (nSPS) is 10.4. The topological polar surface area (TPSA) is 66.5 Å². The molecule has 0 bridgehead atoms. The van der Waals surface area contributed by atoms with Crippen LogP contribution in [-0.2, 0) is 6.42 Å². The Hall–Kier alpha value is -1.22. The second kappa shape index (κ2) is 5.50. The Morgan fingerprint density at radius 2 is 1.79 bits per heavy atom.